The molecule has 1 N–H and O–H groups in total. The zero-order valence-electron chi connectivity index (χ0n) is 17.4. The van der Waals surface area contributed by atoms with Crippen LogP contribution in [-0.2, 0) is 16.9 Å². The molecule has 0 saturated heterocycles. The van der Waals surface area contributed by atoms with Crippen molar-refractivity contribution in [2.45, 2.75) is 46.8 Å². The summed E-state index contributed by atoms with van der Waals surface area (Å²) in [6.07, 6.45) is 3.28. The number of hydrogen-bond acceptors (Lipinski definition) is 5. The van der Waals surface area contributed by atoms with Crippen molar-refractivity contribution in [3.8, 4) is 5.75 Å². The maximum atomic E-state index is 12.4. The van der Waals surface area contributed by atoms with Crippen molar-refractivity contribution in [3.05, 3.63) is 63.7 Å². The highest BCUT2D eigenvalue weighted by Crippen LogP contribution is 2.21. The SMILES string of the molecule is Cc1cc(NC(=O)/C=C/c2cccc(OCc3csc(C)n3)c2)n(C(C)(C)C)n1. The molecule has 0 fully saturated rings. The molecule has 29 heavy (non-hydrogen) atoms. The van der Waals surface area contributed by atoms with Crippen LogP contribution in [0.25, 0.3) is 6.08 Å². The van der Waals surface area contributed by atoms with Crippen molar-refractivity contribution in [1.29, 1.82) is 0 Å². The number of anilines is 1. The third-order valence-corrected chi connectivity index (χ3v) is 4.88. The molecule has 3 aromatic rings. The monoisotopic (exact) mass is 410 g/mol. The number of ether oxygens (including phenoxy) is 1. The lowest BCUT2D eigenvalue weighted by molar-refractivity contribution is -0.111. The topological polar surface area (TPSA) is 69.0 Å². The number of aryl methyl sites for hydroxylation is 2. The Bertz CT molecular complexity index is 1030. The Labute approximate surface area is 175 Å². The average Bonchev–Trinajstić information content (AvgIpc) is 3.23. The number of carbonyl (C=O) groups is 1. The number of carbonyl (C=O) groups excluding carboxylic acids is 1. The summed E-state index contributed by atoms with van der Waals surface area (Å²) in [5.41, 5.74) is 2.44. The minimum Gasteiger partial charge on any atom is -0.487 e. The van der Waals surface area contributed by atoms with Crippen LogP contribution < -0.4 is 10.1 Å². The second-order valence-corrected chi connectivity index (χ2v) is 8.86. The van der Waals surface area contributed by atoms with Crippen LogP contribution >= 0.6 is 11.3 Å². The molecule has 0 spiro atoms. The predicted molar refractivity (Wildman–Crippen MR) is 117 cm³/mol. The molecular formula is C22H26N4O2S. The predicted octanol–water partition coefficient (Wildman–Crippen LogP) is 4.94. The van der Waals surface area contributed by atoms with E-state index in [1.807, 2.05) is 75.0 Å². The Hall–Kier alpha value is -2.93. The standard InChI is InChI=1S/C22H26N4O2S/c1-15-11-20(26(25-15)22(3,4)5)24-21(27)10-9-17-7-6-8-19(12-17)28-13-18-14-29-16(2)23-18/h6-12,14H,13H2,1-5H3,(H,24,27)/b10-9+. The molecule has 152 valence electrons. The first-order chi connectivity index (χ1) is 13.7. The highest BCUT2D eigenvalue weighted by molar-refractivity contribution is 7.09. The lowest BCUT2D eigenvalue weighted by Crippen LogP contribution is -2.26. The normalized spacial score (nSPS) is 11.8. The van der Waals surface area contributed by atoms with Gasteiger partial charge in [0.05, 0.1) is 21.9 Å². The molecule has 6 nitrogen and oxygen atoms in total. The van der Waals surface area contributed by atoms with E-state index in [0.717, 1.165) is 27.7 Å². The highest BCUT2D eigenvalue weighted by atomic mass is 32.1. The van der Waals surface area contributed by atoms with E-state index < -0.39 is 0 Å². The first-order valence-electron chi connectivity index (χ1n) is 9.41. The Morgan fingerprint density at radius 1 is 1.28 bits per heavy atom. The minimum absolute atomic E-state index is 0.209. The van der Waals surface area contributed by atoms with E-state index >= 15 is 0 Å². The largest absolute Gasteiger partial charge is 0.487 e. The number of benzene rings is 1. The van der Waals surface area contributed by atoms with E-state index in [4.69, 9.17) is 4.74 Å². The van der Waals surface area contributed by atoms with Gasteiger partial charge in [-0.15, -0.1) is 11.3 Å². The minimum atomic E-state index is -0.220. The van der Waals surface area contributed by atoms with Crippen LogP contribution in [-0.4, -0.2) is 20.7 Å². The number of nitrogens with one attached hydrogen (secondary N) is 1. The van der Waals surface area contributed by atoms with Crippen LogP contribution in [0, 0.1) is 13.8 Å². The summed E-state index contributed by atoms with van der Waals surface area (Å²) in [5.74, 6) is 1.21. The van der Waals surface area contributed by atoms with Crippen LogP contribution in [0.1, 0.15) is 42.7 Å². The molecule has 3 rings (SSSR count). The van der Waals surface area contributed by atoms with E-state index in [-0.39, 0.29) is 11.4 Å². The lowest BCUT2D eigenvalue weighted by atomic mass is 10.1. The smallest absolute Gasteiger partial charge is 0.249 e. The Balaban J connectivity index is 1.63. The number of nitrogens with zero attached hydrogens (tertiary/aromatic N) is 3. The fourth-order valence-electron chi connectivity index (χ4n) is 2.78. The van der Waals surface area contributed by atoms with Crippen LogP contribution in [0.2, 0.25) is 0 Å². The van der Waals surface area contributed by atoms with E-state index in [1.54, 1.807) is 17.4 Å². The molecule has 2 heterocycles. The van der Waals surface area contributed by atoms with Crippen molar-refractivity contribution in [2.24, 2.45) is 0 Å². The van der Waals surface area contributed by atoms with E-state index in [2.05, 4.69) is 15.4 Å². The summed E-state index contributed by atoms with van der Waals surface area (Å²) in [6, 6.07) is 9.48. The summed E-state index contributed by atoms with van der Waals surface area (Å²) >= 11 is 1.61. The summed E-state index contributed by atoms with van der Waals surface area (Å²) in [4.78, 5) is 16.8. The van der Waals surface area contributed by atoms with Crippen molar-refractivity contribution in [3.63, 3.8) is 0 Å². The molecule has 2 aromatic heterocycles. The third kappa shape index (κ3) is 5.77. The van der Waals surface area contributed by atoms with Gasteiger partial charge < -0.3 is 10.1 Å². The van der Waals surface area contributed by atoms with Gasteiger partial charge in [0.1, 0.15) is 18.2 Å². The van der Waals surface area contributed by atoms with Gasteiger partial charge in [-0.2, -0.15) is 5.10 Å². The number of thiazole rings is 1. The number of hydrogen-bond donors (Lipinski definition) is 1. The van der Waals surface area contributed by atoms with Crippen LogP contribution in [0.5, 0.6) is 5.75 Å². The molecule has 1 aromatic carbocycles. The number of rotatable bonds is 6. The zero-order valence-corrected chi connectivity index (χ0v) is 18.2. The van der Waals surface area contributed by atoms with Crippen LogP contribution in [0.15, 0.2) is 41.8 Å². The van der Waals surface area contributed by atoms with E-state index in [9.17, 15) is 4.79 Å². The first-order valence-corrected chi connectivity index (χ1v) is 10.3. The molecule has 0 unspecified atom stereocenters. The van der Waals surface area contributed by atoms with Crippen LogP contribution in [0.3, 0.4) is 0 Å². The molecule has 0 aliphatic rings. The lowest BCUT2D eigenvalue weighted by Gasteiger charge is -2.22. The third-order valence-electron chi connectivity index (χ3n) is 4.06. The van der Waals surface area contributed by atoms with Gasteiger partial charge in [0.25, 0.3) is 0 Å². The summed E-state index contributed by atoms with van der Waals surface area (Å²) in [5, 5.41) is 10.4. The summed E-state index contributed by atoms with van der Waals surface area (Å²) < 4.78 is 7.62. The molecular weight excluding hydrogens is 384 g/mol. The quantitative estimate of drug-likeness (QED) is 0.584. The fraction of sp³-hybridized carbons (Fsp3) is 0.318. The Morgan fingerprint density at radius 2 is 2.07 bits per heavy atom. The molecule has 1 amide bonds. The van der Waals surface area contributed by atoms with E-state index in [1.165, 1.54) is 6.08 Å². The van der Waals surface area contributed by atoms with Crippen molar-refractivity contribution in [1.82, 2.24) is 14.8 Å². The molecule has 7 heteroatoms. The average molecular weight is 411 g/mol. The van der Waals surface area contributed by atoms with Gasteiger partial charge in [-0.1, -0.05) is 12.1 Å². The first kappa shape index (κ1) is 20.8. The van der Waals surface area contributed by atoms with Gasteiger partial charge in [-0.25, -0.2) is 9.67 Å². The van der Waals surface area contributed by atoms with Gasteiger partial charge >= 0.3 is 0 Å². The van der Waals surface area contributed by atoms with Gasteiger partial charge in [-0.3, -0.25) is 4.79 Å². The maximum Gasteiger partial charge on any atom is 0.249 e. The summed E-state index contributed by atoms with van der Waals surface area (Å²) in [7, 11) is 0. The molecule has 0 radical (unpaired) electrons. The molecule has 0 aliphatic carbocycles. The van der Waals surface area contributed by atoms with Crippen LogP contribution in [0.4, 0.5) is 5.82 Å². The van der Waals surface area contributed by atoms with Crippen molar-refractivity contribution in [2.75, 3.05) is 5.32 Å². The summed E-state index contributed by atoms with van der Waals surface area (Å²) in [6.45, 7) is 10.4. The fourth-order valence-corrected chi connectivity index (χ4v) is 3.38. The van der Waals surface area contributed by atoms with Gasteiger partial charge in [0.2, 0.25) is 5.91 Å². The Kier molecular flexibility index (Phi) is 6.17. The molecule has 0 saturated carbocycles. The van der Waals surface area contributed by atoms with E-state index in [0.29, 0.717) is 12.4 Å². The molecule has 0 atom stereocenters. The van der Waals surface area contributed by atoms with Crippen molar-refractivity contribution >= 4 is 29.1 Å². The zero-order chi connectivity index (χ0) is 21.0. The maximum absolute atomic E-state index is 12.4. The Morgan fingerprint density at radius 3 is 2.76 bits per heavy atom. The highest BCUT2D eigenvalue weighted by Gasteiger charge is 2.19. The second kappa shape index (κ2) is 8.61. The van der Waals surface area contributed by atoms with Gasteiger partial charge in [-0.05, 0) is 58.4 Å². The van der Waals surface area contributed by atoms with Gasteiger partial charge in [0.15, 0.2) is 0 Å². The number of aromatic nitrogens is 3. The molecule has 0 bridgehead atoms. The second-order valence-electron chi connectivity index (χ2n) is 7.80. The van der Waals surface area contributed by atoms with Gasteiger partial charge in [0, 0.05) is 17.5 Å². The van der Waals surface area contributed by atoms with Crippen molar-refractivity contribution < 1.29 is 9.53 Å². The molecule has 0 aliphatic heterocycles. The number of amides is 1.